The molecule has 0 saturated heterocycles. The summed E-state index contributed by atoms with van der Waals surface area (Å²) in [6, 6.07) is 13.0. The Kier molecular flexibility index (Phi) is 2.87. The van der Waals surface area contributed by atoms with Gasteiger partial charge in [-0.2, -0.15) is 0 Å². The van der Waals surface area contributed by atoms with Crippen molar-refractivity contribution in [1.82, 2.24) is 4.98 Å². The normalized spacial score (nSPS) is 16.6. The third-order valence-corrected chi connectivity index (χ3v) is 4.61. The van der Waals surface area contributed by atoms with Crippen LogP contribution in [0.2, 0.25) is 0 Å². The number of halogens is 1. The number of aromatic nitrogens is 1. The first kappa shape index (κ1) is 13.2. The van der Waals surface area contributed by atoms with Gasteiger partial charge in [0.15, 0.2) is 0 Å². The molecule has 3 aromatic rings. The Morgan fingerprint density at radius 3 is 2.73 bits per heavy atom. The van der Waals surface area contributed by atoms with E-state index < -0.39 is 5.92 Å². The Hall–Kier alpha value is -2.47. The van der Waals surface area contributed by atoms with E-state index in [1.807, 2.05) is 42.5 Å². The number of hydrogen-bond donors (Lipinski definition) is 2. The summed E-state index contributed by atoms with van der Waals surface area (Å²) in [5, 5.41) is 6.75. The van der Waals surface area contributed by atoms with Crippen LogP contribution in [0, 0.1) is 4.91 Å². The molecule has 108 valence electrons. The van der Waals surface area contributed by atoms with Crippen LogP contribution in [0.25, 0.3) is 10.9 Å². The number of carbonyl (C=O) groups excluding carboxylic acids is 1. The van der Waals surface area contributed by atoms with Crippen molar-refractivity contribution in [3.8, 4) is 0 Å². The van der Waals surface area contributed by atoms with Gasteiger partial charge in [-0.3, -0.25) is 4.79 Å². The van der Waals surface area contributed by atoms with Gasteiger partial charge in [-0.1, -0.05) is 30.3 Å². The Morgan fingerprint density at radius 2 is 1.91 bits per heavy atom. The van der Waals surface area contributed by atoms with Gasteiger partial charge in [-0.05, 0) is 38.8 Å². The van der Waals surface area contributed by atoms with Crippen molar-refractivity contribution in [3.05, 3.63) is 63.1 Å². The van der Waals surface area contributed by atoms with Crippen molar-refractivity contribution in [2.45, 2.75) is 5.92 Å². The first-order valence-electron chi connectivity index (χ1n) is 6.74. The largest absolute Gasteiger partial charge is 0.356 e. The van der Waals surface area contributed by atoms with Gasteiger partial charge in [0.2, 0.25) is 5.91 Å². The van der Waals surface area contributed by atoms with Crippen LogP contribution in [-0.4, -0.2) is 10.9 Å². The first-order chi connectivity index (χ1) is 10.7. The molecule has 1 aliphatic rings. The highest BCUT2D eigenvalue weighted by molar-refractivity contribution is 9.10. The highest BCUT2D eigenvalue weighted by Gasteiger charge is 2.36. The number of amides is 1. The van der Waals surface area contributed by atoms with Crippen LogP contribution >= 0.6 is 15.9 Å². The number of H-pyrrole nitrogens is 1. The molecule has 1 atom stereocenters. The molecule has 1 aromatic heterocycles. The smallest absolute Gasteiger partial charge is 0.238 e. The third-order valence-electron chi connectivity index (χ3n) is 3.95. The molecular formula is C16H10BrN3O2. The van der Waals surface area contributed by atoms with Crippen LogP contribution in [-0.2, 0) is 4.79 Å². The molecule has 0 bridgehead atoms. The van der Waals surface area contributed by atoms with Gasteiger partial charge >= 0.3 is 0 Å². The highest BCUT2D eigenvalue weighted by Crippen LogP contribution is 2.45. The predicted octanol–water partition coefficient (Wildman–Crippen LogP) is 4.41. The molecule has 1 aliphatic heterocycles. The number of anilines is 1. The van der Waals surface area contributed by atoms with Crippen molar-refractivity contribution < 1.29 is 4.79 Å². The fourth-order valence-electron chi connectivity index (χ4n) is 2.99. The second-order valence-corrected chi connectivity index (χ2v) is 6.00. The number of rotatable bonds is 2. The summed E-state index contributed by atoms with van der Waals surface area (Å²) in [5.41, 5.74) is 3.20. The summed E-state index contributed by atoms with van der Waals surface area (Å²) in [6.07, 6.45) is 0. The molecule has 0 aliphatic carbocycles. The molecule has 4 rings (SSSR count). The summed E-state index contributed by atoms with van der Waals surface area (Å²) in [6.45, 7) is 0. The second-order valence-electron chi connectivity index (χ2n) is 5.15. The molecule has 0 fully saturated rings. The van der Waals surface area contributed by atoms with Crippen molar-refractivity contribution in [2.24, 2.45) is 5.18 Å². The van der Waals surface area contributed by atoms with Crippen molar-refractivity contribution in [3.63, 3.8) is 0 Å². The van der Waals surface area contributed by atoms with Crippen molar-refractivity contribution >= 4 is 44.1 Å². The van der Waals surface area contributed by atoms with Crippen LogP contribution < -0.4 is 5.32 Å². The van der Waals surface area contributed by atoms with E-state index in [1.54, 1.807) is 0 Å². The maximum absolute atomic E-state index is 12.4. The molecule has 0 spiro atoms. The molecule has 0 radical (unpaired) electrons. The zero-order chi connectivity index (χ0) is 15.3. The minimum Gasteiger partial charge on any atom is -0.356 e. The van der Waals surface area contributed by atoms with Crippen molar-refractivity contribution in [2.75, 3.05) is 5.32 Å². The number of nitroso groups, excluding NO2 is 1. The second kappa shape index (κ2) is 4.78. The molecule has 2 aromatic carbocycles. The summed E-state index contributed by atoms with van der Waals surface area (Å²) >= 11 is 3.43. The van der Waals surface area contributed by atoms with E-state index in [-0.39, 0.29) is 5.91 Å². The zero-order valence-corrected chi connectivity index (χ0v) is 12.8. The van der Waals surface area contributed by atoms with Crippen molar-refractivity contribution in [1.29, 1.82) is 0 Å². The fraction of sp³-hybridized carbons (Fsp3) is 0.0625. The topological polar surface area (TPSA) is 74.3 Å². The Balaban J connectivity index is 1.99. The average Bonchev–Trinajstić information content (AvgIpc) is 3.04. The van der Waals surface area contributed by atoms with E-state index >= 15 is 0 Å². The number of benzene rings is 2. The molecule has 1 amide bonds. The molecule has 6 heteroatoms. The van der Waals surface area contributed by atoms with Gasteiger partial charge in [-0.15, -0.1) is 4.91 Å². The lowest BCUT2D eigenvalue weighted by atomic mass is 9.96. The monoisotopic (exact) mass is 355 g/mol. The van der Waals surface area contributed by atoms with Crippen LogP contribution in [0.4, 0.5) is 11.4 Å². The van der Waals surface area contributed by atoms with Crippen LogP contribution in [0.1, 0.15) is 17.2 Å². The number of hydrogen-bond acceptors (Lipinski definition) is 3. The predicted molar refractivity (Wildman–Crippen MR) is 88.4 cm³/mol. The minimum atomic E-state index is -0.562. The van der Waals surface area contributed by atoms with Gasteiger partial charge in [-0.25, -0.2) is 0 Å². The Morgan fingerprint density at radius 1 is 1.09 bits per heavy atom. The number of fused-ring (bicyclic) bond motifs is 2. The minimum absolute atomic E-state index is 0.168. The van der Waals surface area contributed by atoms with Crippen LogP contribution in [0.3, 0.4) is 0 Å². The summed E-state index contributed by atoms with van der Waals surface area (Å²) in [7, 11) is 0. The fourth-order valence-corrected chi connectivity index (χ4v) is 3.47. The van der Waals surface area contributed by atoms with E-state index in [0.717, 1.165) is 26.6 Å². The number of carbonyl (C=O) groups is 1. The molecule has 1 unspecified atom stereocenters. The van der Waals surface area contributed by atoms with E-state index in [4.69, 9.17) is 0 Å². The summed E-state index contributed by atoms with van der Waals surface area (Å²) in [4.78, 5) is 26.9. The van der Waals surface area contributed by atoms with Gasteiger partial charge in [0.05, 0.1) is 11.4 Å². The van der Waals surface area contributed by atoms with E-state index in [9.17, 15) is 9.70 Å². The Labute approximate surface area is 133 Å². The Bertz CT molecular complexity index is 932. The average molecular weight is 356 g/mol. The van der Waals surface area contributed by atoms with Crippen LogP contribution in [0.15, 0.2) is 52.1 Å². The van der Waals surface area contributed by atoms with Gasteiger partial charge in [0.25, 0.3) is 0 Å². The van der Waals surface area contributed by atoms with E-state index in [1.165, 1.54) is 0 Å². The van der Waals surface area contributed by atoms with Gasteiger partial charge in [0, 0.05) is 15.4 Å². The number of nitrogens with zero attached hydrogens (tertiary/aromatic N) is 1. The van der Waals surface area contributed by atoms with Crippen LogP contribution in [0.5, 0.6) is 0 Å². The van der Waals surface area contributed by atoms with Gasteiger partial charge in [0.1, 0.15) is 11.6 Å². The lowest BCUT2D eigenvalue weighted by Gasteiger charge is -2.07. The lowest BCUT2D eigenvalue weighted by Crippen LogP contribution is -2.13. The standard InChI is InChI=1S/C16H10BrN3O2/c17-10-6-3-5-9-12(16(21)19-13(9)10)15-14(20-22)8-4-1-2-7-11(8)18-15/h1-7,12,18H,(H,19,21). The quantitative estimate of drug-likeness (QED) is 0.668. The molecule has 2 heterocycles. The third kappa shape index (κ3) is 1.74. The molecular weight excluding hydrogens is 346 g/mol. The maximum Gasteiger partial charge on any atom is 0.238 e. The van der Waals surface area contributed by atoms with E-state index in [0.29, 0.717) is 11.4 Å². The van der Waals surface area contributed by atoms with E-state index in [2.05, 4.69) is 31.4 Å². The first-order valence-corrected chi connectivity index (χ1v) is 7.53. The SMILES string of the molecule is O=Nc1c(C2C(=O)Nc3c(Br)cccc32)[nH]c2ccccc12. The number of para-hydroxylation sites is 2. The summed E-state index contributed by atoms with van der Waals surface area (Å²) < 4.78 is 0.817. The number of nitrogens with one attached hydrogen (secondary N) is 2. The zero-order valence-electron chi connectivity index (χ0n) is 11.3. The summed E-state index contributed by atoms with van der Waals surface area (Å²) in [5.74, 6) is -0.731. The highest BCUT2D eigenvalue weighted by atomic mass is 79.9. The van der Waals surface area contributed by atoms with Gasteiger partial charge < -0.3 is 10.3 Å². The molecule has 2 N–H and O–H groups in total. The molecule has 22 heavy (non-hydrogen) atoms. The molecule has 0 saturated carbocycles. The number of aromatic amines is 1. The lowest BCUT2D eigenvalue weighted by molar-refractivity contribution is -0.116. The molecule has 5 nitrogen and oxygen atoms in total. The maximum atomic E-state index is 12.4.